The SMILES string of the molecule is CC(C)c1cn(-c2ccccc2)c2ccc(N(CCO)C(=O)c3c(Cl)ncnc3Cl)cc12.CC(C)c1cn(-c2ccccc2)c2ccc(N3CCOc4ncnc(Cl)c4C3=O)cc12.CC(C)c1cn(-c2ccccc2)c2ccc(N3CCOc4ncnc(N)c4C3=O)cc12.CCl. The summed E-state index contributed by atoms with van der Waals surface area (Å²) in [4.78, 5) is 68.6. The van der Waals surface area contributed by atoms with Crippen LogP contribution in [-0.2, 0) is 0 Å². The van der Waals surface area contributed by atoms with Gasteiger partial charge in [0.05, 0.1) is 36.2 Å². The molecule has 2 aliphatic rings. The number of rotatable bonds is 12. The fourth-order valence-corrected chi connectivity index (χ4v) is 12.6. The monoisotopic (exact) mass is 1360 g/mol. The molecular weight excluding hydrogens is 1300 g/mol. The number of nitrogen functional groups attached to an aromatic ring is 1. The number of nitrogens with zero attached hydrogens (tertiary/aromatic N) is 12. The van der Waals surface area contributed by atoms with Gasteiger partial charge in [-0.3, -0.25) is 14.4 Å². The first-order chi connectivity index (χ1) is 46.5. The molecule has 0 saturated carbocycles. The highest BCUT2D eigenvalue weighted by Gasteiger charge is 2.32. The number of aliphatic hydroxyl groups excluding tert-OH is 1. The Morgan fingerprint density at radius 1 is 0.510 bits per heavy atom. The van der Waals surface area contributed by atoms with Gasteiger partial charge in [-0.25, -0.2) is 29.9 Å². The van der Waals surface area contributed by atoms with E-state index < -0.39 is 5.91 Å². The van der Waals surface area contributed by atoms with Crippen molar-refractivity contribution in [2.45, 2.75) is 59.3 Å². The van der Waals surface area contributed by atoms with Crippen LogP contribution in [0, 0.1) is 0 Å². The molecule has 12 aromatic rings. The van der Waals surface area contributed by atoms with Crippen molar-refractivity contribution in [3.8, 4) is 28.8 Å². The molecule has 0 saturated heterocycles. The van der Waals surface area contributed by atoms with Gasteiger partial charge in [0, 0.05) is 81.8 Å². The van der Waals surface area contributed by atoms with E-state index in [0.717, 1.165) is 66.7 Å². The Morgan fingerprint density at radius 3 is 1.33 bits per heavy atom. The quantitative estimate of drug-likeness (QED) is 0.0860. The molecule has 0 fully saturated rings. The molecule has 0 aliphatic carbocycles. The van der Waals surface area contributed by atoms with Crippen molar-refractivity contribution in [1.29, 1.82) is 0 Å². The second-order valence-corrected chi connectivity index (χ2v) is 24.4. The number of anilines is 4. The van der Waals surface area contributed by atoms with Gasteiger partial charge in [0.15, 0.2) is 0 Å². The normalized spacial score (nSPS) is 12.8. The first-order valence-electron chi connectivity index (χ1n) is 31.1. The number of halogens is 4. The summed E-state index contributed by atoms with van der Waals surface area (Å²) in [5, 5.41) is 12.9. The number of hydrogen-bond acceptors (Lipinski definition) is 13. The summed E-state index contributed by atoms with van der Waals surface area (Å²) in [6, 6.07) is 48.6. The van der Waals surface area contributed by atoms with Crippen LogP contribution in [0.1, 0.15) is 107 Å². The Kier molecular flexibility index (Phi) is 21.0. The van der Waals surface area contributed by atoms with E-state index in [2.05, 4.69) is 176 Å². The first-order valence-corrected chi connectivity index (χ1v) is 33.0. The van der Waals surface area contributed by atoms with Crippen molar-refractivity contribution in [3.05, 3.63) is 232 Å². The molecule has 0 spiro atoms. The van der Waals surface area contributed by atoms with Gasteiger partial charge in [-0.15, -0.1) is 11.6 Å². The number of para-hydroxylation sites is 3. The number of ether oxygens (including phenoxy) is 2. The van der Waals surface area contributed by atoms with Gasteiger partial charge >= 0.3 is 0 Å². The van der Waals surface area contributed by atoms with Crippen LogP contribution in [0.5, 0.6) is 11.8 Å². The molecule has 23 heteroatoms. The molecule has 8 heterocycles. The molecule has 0 bridgehead atoms. The number of carbonyl (C=O) groups is 3. The van der Waals surface area contributed by atoms with Crippen molar-refractivity contribution in [2.24, 2.45) is 0 Å². The summed E-state index contributed by atoms with van der Waals surface area (Å²) in [6.07, 6.45) is 11.8. The molecule has 0 atom stereocenters. The lowest BCUT2D eigenvalue weighted by atomic mass is 10.0. The minimum Gasteiger partial charge on any atom is -0.475 e. The highest BCUT2D eigenvalue weighted by atomic mass is 35.5. The van der Waals surface area contributed by atoms with E-state index in [1.54, 1.807) is 9.80 Å². The zero-order valence-corrected chi connectivity index (χ0v) is 56.8. The van der Waals surface area contributed by atoms with Crippen LogP contribution in [0.15, 0.2) is 183 Å². The lowest BCUT2D eigenvalue weighted by molar-refractivity contribution is 0.0975. The molecule has 0 unspecified atom stereocenters. The standard InChI is InChI=1S/C24H22Cl2N4O2.C24H21ClN4O2.C24H23N5O2.CH3Cl/c1-15(2)19-13-30(16-6-4-3-5-7-16)20-9-8-17(12-18(19)20)29(10-11-31)24(32)21-22(25)27-14-28-23(21)26;2*1-15(2)19-13-29(16-6-4-3-5-7-16)20-9-8-17(12-18(19)20)28-10-11-31-23-21(24(28)30)22(25)26-14-27-23;1-2/h3-9,12-15,31H,10-11H2,1-2H3;3-9,12-15H,10-11H2,1-2H3;3-9,12-15H,10-11H2,1-2H3,(H2,25,26,27);1H3. The van der Waals surface area contributed by atoms with Crippen LogP contribution in [0.25, 0.3) is 49.8 Å². The highest BCUT2D eigenvalue weighted by molar-refractivity contribution is 6.39. The summed E-state index contributed by atoms with van der Waals surface area (Å²) in [7, 11) is 0. The molecule has 490 valence electrons. The largest absolute Gasteiger partial charge is 0.475 e. The highest BCUT2D eigenvalue weighted by Crippen LogP contribution is 2.39. The van der Waals surface area contributed by atoms with Gasteiger partial charge in [0.2, 0.25) is 11.8 Å². The molecule has 3 amide bonds. The van der Waals surface area contributed by atoms with Crippen LogP contribution >= 0.6 is 46.4 Å². The smallest absolute Gasteiger partial charge is 0.267 e. The zero-order valence-electron chi connectivity index (χ0n) is 53.7. The van der Waals surface area contributed by atoms with Gasteiger partial charge < -0.3 is 48.7 Å². The second-order valence-electron chi connectivity index (χ2n) is 23.3. The average Bonchev–Trinajstić information content (AvgIpc) is 1.60. The predicted molar refractivity (Wildman–Crippen MR) is 383 cm³/mol. The minimum atomic E-state index is -0.470. The Morgan fingerprint density at radius 2 is 0.896 bits per heavy atom. The number of aliphatic hydroxyl groups is 1. The lowest BCUT2D eigenvalue weighted by Crippen LogP contribution is -2.34. The molecular formula is C73H69Cl4N13O6. The van der Waals surface area contributed by atoms with E-state index in [-0.39, 0.29) is 80.6 Å². The Balaban J connectivity index is 0.000000144. The summed E-state index contributed by atoms with van der Waals surface area (Å²) < 4.78 is 17.9. The molecule has 14 rings (SSSR count). The number of amides is 3. The Hall–Kier alpha value is -9.89. The van der Waals surface area contributed by atoms with E-state index in [9.17, 15) is 19.5 Å². The number of fused-ring (bicyclic) bond motifs is 5. The van der Waals surface area contributed by atoms with Gasteiger partial charge in [0.25, 0.3) is 17.7 Å². The molecule has 96 heavy (non-hydrogen) atoms. The van der Waals surface area contributed by atoms with Gasteiger partial charge in [-0.1, -0.05) is 131 Å². The van der Waals surface area contributed by atoms with E-state index in [4.69, 9.17) is 50.0 Å². The fourth-order valence-electron chi connectivity index (χ4n) is 11.9. The molecule has 6 aromatic carbocycles. The van der Waals surface area contributed by atoms with E-state index >= 15 is 0 Å². The van der Waals surface area contributed by atoms with Crippen LogP contribution in [0.4, 0.5) is 22.9 Å². The van der Waals surface area contributed by atoms with Crippen molar-refractivity contribution in [3.63, 3.8) is 0 Å². The van der Waals surface area contributed by atoms with E-state index in [0.29, 0.717) is 43.8 Å². The maximum absolute atomic E-state index is 13.3. The van der Waals surface area contributed by atoms with Crippen molar-refractivity contribution in [2.75, 3.05) is 66.3 Å². The number of nitrogens with two attached hydrogens (primary N) is 1. The summed E-state index contributed by atoms with van der Waals surface area (Å²) in [5.74, 6) is 0.537. The maximum Gasteiger partial charge on any atom is 0.267 e. The molecule has 6 aromatic heterocycles. The number of aromatic nitrogens is 9. The van der Waals surface area contributed by atoms with E-state index in [1.165, 1.54) is 41.4 Å². The number of carbonyl (C=O) groups excluding carboxylic acids is 3. The third-order valence-electron chi connectivity index (χ3n) is 16.5. The van der Waals surface area contributed by atoms with Crippen molar-refractivity contribution in [1.82, 2.24) is 43.6 Å². The zero-order chi connectivity index (χ0) is 67.9. The van der Waals surface area contributed by atoms with Crippen LogP contribution < -0.4 is 29.9 Å². The van der Waals surface area contributed by atoms with Gasteiger partial charge in [-0.2, -0.15) is 0 Å². The van der Waals surface area contributed by atoms with E-state index in [1.807, 2.05) is 84.9 Å². The average molecular weight is 1370 g/mol. The summed E-state index contributed by atoms with van der Waals surface area (Å²) >= 11 is 23.1. The van der Waals surface area contributed by atoms with Crippen LogP contribution in [-0.4, -0.2) is 112 Å². The number of benzene rings is 6. The van der Waals surface area contributed by atoms with Crippen LogP contribution in [0.2, 0.25) is 15.5 Å². The van der Waals surface area contributed by atoms with Crippen LogP contribution in [0.3, 0.4) is 0 Å². The summed E-state index contributed by atoms with van der Waals surface area (Å²) in [6.45, 7) is 14.3. The first kappa shape index (κ1) is 67.5. The molecule has 3 N–H and O–H groups in total. The maximum atomic E-state index is 13.3. The number of alkyl halides is 1. The van der Waals surface area contributed by atoms with Gasteiger partial charge in [-0.05, 0) is 125 Å². The number of hydrogen-bond donors (Lipinski definition) is 2. The topological polar surface area (TPSA) is 218 Å². The summed E-state index contributed by atoms with van der Waals surface area (Å²) in [5.41, 5.74) is 18.7. The molecule has 2 aliphatic heterocycles. The van der Waals surface area contributed by atoms with Gasteiger partial charge in [0.1, 0.15) is 70.2 Å². The third kappa shape index (κ3) is 13.7. The lowest BCUT2D eigenvalue weighted by Gasteiger charge is -2.23. The van der Waals surface area contributed by atoms with Crippen molar-refractivity contribution < 1.29 is 29.0 Å². The second kappa shape index (κ2) is 29.8. The molecule has 0 radical (unpaired) electrons. The predicted octanol–water partition coefficient (Wildman–Crippen LogP) is 15.7. The third-order valence-corrected chi connectivity index (χ3v) is 17.4. The Bertz CT molecular complexity index is 4570. The van der Waals surface area contributed by atoms with Crippen molar-refractivity contribution >= 4 is 120 Å². The Labute approximate surface area is 575 Å². The minimum absolute atomic E-state index is 0.00955. The fraction of sp³-hybridized carbons (Fsp3) is 0.219. The molecule has 19 nitrogen and oxygen atoms in total.